The molecule has 2 aromatic carbocycles. The van der Waals surface area contributed by atoms with Gasteiger partial charge < -0.3 is 25.2 Å². The van der Waals surface area contributed by atoms with E-state index in [1.54, 1.807) is 25.3 Å². The minimum absolute atomic E-state index is 0.00216. The fraction of sp³-hybridized carbons (Fsp3) is 0.552. The molecule has 2 fully saturated rings. The molecule has 1 saturated heterocycles. The van der Waals surface area contributed by atoms with Crippen LogP contribution in [0.2, 0.25) is 0 Å². The molecule has 2 aromatic rings. The molecule has 0 radical (unpaired) electrons. The molecule has 1 amide bonds. The lowest BCUT2D eigenvalue weighted by atomic mass is 9.73. The topological polar surface area (TPSA) is 85.0 Å². The number of benzene rings is 2. The Balaban J connectivity index is 1.66. The number of rotatable bonds is 11. The van der Waals surface area contributed by atoms with Crippen LogP contribution in [0, 0.1) is 30.5 Å². The number of carbonyl (C=O) groups excluding carboxylic acids is 1. The van der Waals surface area contributed by atoms with Crippen molar-refractivity contribution >= 4 is 5.91 Å². The van der Waals surface area contributed by atoms with E-state index in [1.807, 2.05) is 30.0 Å². The third-order valence-corrected chi connectivity index (χ3v) is 7.85. The van der Waals surface area contributed by atoms with E-state index < -0.39 is 11.4 Å². The first-order valence-corrected chi connectivity index (χ1v) is 13.1. The maximum atomic E-state index is 15.3. The largest absolute Gasteiger partial charge is 0.454 e. The van der Waals surface area contributed by atoms with Crippen LogP contribution in [-0.4, -0.2) is 49.3 Å². The van der Waals surface area contributed by atoms with Crippen LogP contribution in [0.4, 0.5) is 4.39 Å². The van der Waals surface area contributed by atoms with Crippen molar-refractivity contribution in [2.45, 2.75) is 51.0 Å². The smallest absolute Gasteiger partial charge is 0.226 e. The van der Waals surface area contributed by atoms with E-state index in [9.17, 15) is 9.90 Å². The molecule has 0 spiro atoms. The number of aryl methyl sites for hydroxylation is 1. The Bertz CT molecular complexity index is 1050. The van der Waals surface area contributed by atoms with Gasteiger partial charge in [-0.1, -0.05) is 30.3 Å². The number of methoxy groups -OCH3 is 1. The predicted molar refractivity (Wildman–Crippen MR) is 137 cm³/mol. The zero-order chi connectivity index (χ0) is 25.7. The third-order valence-electron chi connectivity index (χ3n) is 7.85. The second-order valence-corrected chi connectivity index (χ2v) is 10.3. The van der Waals surface area contributed by atoms with Crippen molar-refractivity contribution in [2.75, 3.05) is 33.4 Å². The van der Waals surface area contributed by atoms with Gasteiger partial charge in [0.05, 0.1) is 5.60 Å². The molecule has 4 unspecified atom stereocenters. The van der Waals surface area contributed by atoms with Gasteiger partial charge in [0, 0.05) is 44.2 Å². The van der Waals surface area contributed by atoms with Gasteiger partial charge in [-0.25, -0.2) is 4.39 Å². The highest BCUT2D eigenvalue weighted by atomic mass is 19.1. The standard InChI is InChI=1S/C29H39FN2O4/c1-20-9-3-4-13-26(20)36-27-24(11-7-12-25(27)30)29(34,14-5-6-16-35-2)22-10-8-15-32(19-22)28(33)23-17-21(23)18-31/h3-4,7,9,11-13,21-23,34H,5-6,8,10,14-19,31H2,1-2H3. The molecule has 6 nitrogen and oxygen atoms in total. The van der Waals surface area contributed by atoms with Crippen LogP contribution in [0.25, 0.3) is 0 Å². The Morgan fingerprint density at radius 1 is 1.22 bits per heavy atom. The maximum Gasteiger partial charge on any atom is 0.226 e. The average Bonchev–Trinajstić information content (AvgIpc) is 3.68. The number of hydrogen-bond donors (Lipinski definition) is 2. The lowest BCUT2D eigenvalue weighted by Crippen LogP contribution is -2.49. The molecule has 196 valence electrons. The van der Waals surface area contributed by atoms with Gasteiger partial charge in [0.25, 0.3) is 0 Å². The number of nitrogens with zero attached hydrogens (tertiary/aromatic N) is 1. The molecule has 4 atom stereocenters. The number of amides is 1. The lowest BCUT2D eigenvalue weighted by molar-refractivity contribution is -0.138. The van der Waals surface area contributed by atoms with Gasteiger partial charge in [-0.3, -0.25) is 4.79 Å². The van der Waals surface area contributed by atoms with Crippen molar-refractivity contribution in [1.82, 2.24) is 4.90 Å². The first kappa shape index (κ1) is 26.6. The van der Waals surface area contributed by atoms with Crippen LogP contribution in [0.3, 0.4) is 0 Å². The summed E-state index contributed by atoms with van der Waals surface area (Å²) >= 11 is 0. The van der Waals surface area contributed by atoms with E-state index >= 15 is 4.39 Å². The van der Waals surface area contributed by atoms with Crippen molar-refractivity contribution < 1.29 is 23.8 Å². The molecule has 7 heteroatoms. The van der Waals surface area contributed by atoms with Gasteiger partial charge in [-0.05, 0) is 75.6 Å². The zero-order valence-corrected chi connectivity index (χ0v) is 21.4. The summed E-state index contributed by atoms with van der Waals surface area (Å²) in [4.78, 5) is 15.0. The summed E-state index contributed by atoms with van der Waals surface area (Å²) in [6, 6.07) is 12.2. The van der Waals surface area contributed by atoms with Crippen molar-refractivity contribution in [2.24, 2.45) is 23.5 Å². The van der Waals surface area contributed by atoms with Gasteiger partial charge in [0.2, 0.25) is 5.91 Å². The fourth-order valence-corrected chi connectivity index (χ4v) is 5.55. The number of ether oxygens (including phenoxy) is 2. The molecule has 3 N–H and O–H groups in total. The summed E-state index contributed by atoms with van der Waals surface area (Å²) in [5, 5.41) is 12.4. The van der Waals surface area contributed by atoms with Crippen LogP contribution >= 0.6 is 0 Å². The monoisotopic (exact) mass is 498 g/mol. The maximum absolute atomic E-state index is 15.3. The van der Waals surface area contributed by atoms with E-state index in [0.717, 1.165) is 31.2 Å². The molecule has 0 bridgehead atoms. The van der Waals surface area contributed by atoms with E-state index in [2.05, 4.69) is 0 Å². The summed E-state index contributed by atoms with van der Waals surface area (Å²) in [6.07, 6.45) is 4.28. The van der Waals surface area contributed by atoms with Crippen molar-refractivity contribution in [3.8, 4) is 11.5 Å². The highest BCUT2D eigenvalue weighted by Crippen LogP contribution is 2.46. The Morgan fingerprint density at radius 2 is 2.03 bits per heavy atom. The second-order valence-electron chi connectivity index (χ2n) is 10.3. The minimum atomic E-state index is -1.36. The van der Waals surface area contributed by atoms with Gasteiger partial charge in [-0.2, -0.15) is 0 Å². The third kappa shape index (κ3) is 5.74. The number of unbranched alkanes of at least 4 members (excludes halogenated alkanes) is 1. The Morgan fingerprint density at radius 3 is 2.75 bits per heavy atom. The molecule has 2 aliphatic rings. The van der Waals surface area contributed by atoms with Crippen LogP contribution < -0.4 is 10.5 Å². The highest BCUT2D eigenvalue weighted by molar-refractivity contribution is 5.81. The Labute approximate surface area is 213 Å². The van der Waals surface area contributed by atoms with Crippen LogP contribution in [0.1, 0.15) is 49.7 Å². The molecule has 1 heterocycles. The summed E-state index contributed by atoms with van der Waals surface area (Å²) in [5.74, 6) is 0.239. The quantitative estimate of drug-likeness (QED) is 0.436. The van der Waals surface area contributed by atoms with Crippen LogP contribution in [0.15, 0.2) is 42.5 Å². The fourth-order valence-electron chi connectivity index (χ4n) is 5.55. The molecular weight excluding hydrogens is 459 g/mol. The van der Waals surface area contributed by atoms with E-state index in [-0.39, 0.29) is 29.4 Å². The van der Waals surface area contributed by atoms with Crippen LogP contribution in [0.5, 0.6) is 11.5 Å². The first-order chi connectivity index (χ1) is 17.4. The minimum Gasteiger partial charge on any atom is -0.454 e. The average molecular weight is 499 g/mol. The summed E-state index contributed by atoms with van der Waals surface area (Å²) in [5.41, 5.74) is 5.74. The molecule has 1 aliphatic carbocycles. The number of halogens is 1. The van der Waals surface area contributed by atoms with E-state index in [4.69, 9.17) is 15.2 Å². The van der Waals surface area contributed by atoms with E-state index in [0.29, 0.717) is 50.4 Å². The van der Waals surface area contributed by atoms with Gasteiger partial charge in [0.15, 0.2) is 11.6 Å². The highest BCUT2D eigenvalue weighted by Gasteiger charge is 2.47. The van der Waals surface area contributed by atoms with Gasteiger partial charge in [-0.15, -0.1) is 0 Å². The number of nitrogens with two attached hydrogens (primary N) is 1. The van der Waals surface area contributed by atoms with Gasteiger partial charge in [0.1, 0.15) is 5.75 Å². The summed E-state index contributed by atoms with van der Waals surface area (Å²) < 4.78 is 26.6. The molecule has 0 aromatic heterocycles. The molecular formula is C29H39FN2O4. The van der Waals surface area contributed by atoms with E-state index in [1.165, 1.54) is 6.07 Å². The first-order valence-electron chi connectivity index (χ1n) is 13.1. The second kappa shape index (κ2) is 11.7. The van der Waals surface area contributed by atoms with Crippen molar-refractivity contribution in [3.05, 3.63) is 59.4 Å². The van der Waals surface area contributed by atoms with Crippen molar-refractivity contribution in [1.29, 1.82) is 0 Å². The summed E-state index contributed by atoms with van der Waals surface area (Å²) in [7, 11) is 1.66. The molecule has 1 saturated carbocycles. The summed E-state index contributed by atoms with van der Waals surface area (Å²) in [6.45, 7) is 4.14. The molecule has 36 heavy (non-hydrogen) atoms. The number of para-hydroxylation sites is 2. The predicted octanol–water partition coefficient (Wildman–Crippen LogP) is 4.76. The molecule has 4 rings (SSSR count). The van der Waals surface area contributed by atoms with Gasteiger partial charge >= 0.3 is 0 Å². The van der Waals surface area contributed by atoms with Crippen LogP contribution in [-0.2, 0) is 15.1 Å². The van der Waals surface area contributed by atoms with Crippen molar-refractivity contribution in [3.63, 3.8) is 0 Å². The molecule has 1 aliphatic heterocycles. The normalized spacial score (nSPS) is 23.2. The lowest BCUT2D eigenvalue weighted by Gasteiger charge is -2.43. The number of piperidine rings is 1. The Hall–Kier alpha value is -2.48. The number of carbonyl (C=O) groups is 1. The number of hydrogen-bond acceptors (Lipinski definition) is 5. The SMILES string of the molecule is COCCCCC(O)(c1cccc(F)c1Oc1ccccc1C)C1CCCN(C(=O)C2CC2CN)C1. The number of likely N-dealkylation sites (tertiary alicyclic amines) is 1. The zero-order valence-electron chi connectivity index (χ0n) is 21.4. The number of aliphatic hydroxyl groups is 1. The Kier molecular flexibility index (Phi) is 8.65.